The maximum atomic E-state index is 12.7. The highest BCUT2D eigenvalue weighted by Crippen LogP contribution is 2.29. The van der Waals surface area contributed by atoms with Crippen molar-refractivity contribution in [2.75, 3.05) is 18.6 Å². The van der Waals surface area contributed by atoms with Gasteiger partial charge >= 0.3 is 0 Å². The molecule has 29 heavy (non-hydrogen) atoms. The van der Waals surface area contributed by atoms with Gasteiger partial charge in [-0.1, -0.05) is 42.5 Å². The summed E-state index contributed by atoms with van der Waals surface area (Å²) in [6.07, 6.45) is 1.42. The van der Waals surface area contributed by atoms with Crippen LogP contribution >= 0.6 is 0 Å². The van der Waals surface area contributed by atoms with E-state index in [0.29, 0.717) is 23.7 Å². The van der Waals surface area contributed by atoms with Crippen LogP contribution in [0.3, 0.4) is 0 Å². The Morgan fingerprint density at radius 2 is 1.90 bits per heavy atom. The van der Waals surface area contributed by atoms with Crippen LogP contribution < -0.4 is 15.0 Å². The van der Waals surface area contributed by atoms with E-state index in [2.05, 4.69) is 20.5 Å². The molecule has 0 saturated carbocycles. The van der Waals surface area contributed by atoms with E-state index in [1.54, 1.807) is 19.2 Å². The summed E-state index contributed by atoms with van der Waals surface area (Å²) in [7, 11) is 1.66. The van der Waals surface area contributed by atoms with Crippen LogP contribution in [-0.2, 0) is 17.6 Å². The van der Waals surface area contributed by atoms with Gasteiger partial charge in [0.15, 0.2) is 0 Å². The van der Waals surface area contributed by atoms with Crippen molar-refractivity contribution < 1.29 is 14.3 Å². The number of aromatic amines is 1. The first-order valence-corrected chi connectivity index (χ1v) is 9.37. The van der Waals surface area contributed by atoms with Crippen LogP contribution in [0.5, 0.6) is 5.75 Å². The van der Waals surface area contributed by atoms with Crippen LogP contribution in [0, 0.1) is 0 Å². The predicted octanol–water partition coefficient (Wildman–Crippen LogP) is 1.74. The second kappa shape index (κ2) is 8.14. The lowest BCUT2D eigenvalue weighted by atomic mass is 10.1. The minimum atomic E-state index is -0.822. The summed E-state index contributed by atoms with van der Waals surface area (Å²) >= 11 is 0. The van der Waals surface area contributed by atoms with E-state index in [1.165, 1.54) is 10.5 Å². The molecule has 0 aliphatic carbocycles. The van der Waals surface area contributed by atoms with E-state index in [9.17, 15) is 9.59 Å². The lowest BCUT2D eigenvalue weighted by molar-refractivity contribution is -0.120. The van der Waals surface area contributed by atoms with Crippen LogP contribution in [0.25, 0.3) is 0 Å². The molecule has 3 aromatic rings. The number of amides is 2. The molecule has 1 unspecified atom stereocenters. The van der Waals surface area contributed by atoms with Crippen molar-refractivity contribution in [1.82, 2.24) is 20.5 Å². The number of rotatable bonds is 5. The van der Waals surface area contributed by atoms with Crippen molar-refractivity contribution in [3.8, 4) is 5.75 Å². The number of anilines is 1. The van der Waals surface area contributed by atoms with E-state index >= 15 is 0 Å². The number of nitrogens with zero attached hydrogens (tertiary/aromatic N) is 3. The second-order valence-corrected chi connectivity index (χ2v) is 6.81. The fourth-order valence-corrected chi connectivity index (χ4v) is 3.20. The average Bonchev–Trinajstić information content (AvgIpc) is 3.20. The van der Waals surface area contributed by atoms with E-state index in [-0.39, 0.29) is 18.3 Å². The molecule has 2 N–H and O–H groups in total. The number of aryl methyl sites for hydroxylation is 2. The maximum absolute atomic E-state index is 12.7. The molecule has 1 aliphatic heterocycles. The van der Waals surface area contributed by atoms with Crippen LogP contribution in [0.4, 0.5) is 5.69 Å². The largest absolute Gasteiger partial charge is 0.489 e. The summed E-state index contributed by atoms with van der Waals surface area (Å²) in [5, 5.41) is 10.6. The smallest absolute Gasteiger partial charge is 0.289 e. The molecule has 1 aliphatic rings. The van der Waals surface area contributed by atoms with Gasteiger partial charge in [-0.25, -0.2) is 0 Å². The first kappa shape index (κ1) is 18.7. The molecule has 0 bridgehead atoms. The van der Waals surface area contributed by atoms with Crippen LogP contribution in [0.1, 0.15) is 22.0 Å². The molecular weight excluding hydrogens is 370 g/mol. The van der Waals surface area contributed by atoms with Gasteiger partial charge in [0.2, 0.25) is 5.82 Å². The highest BCUT2D eigenvalue weighted by atomic mass is 16.5. The lowest BCUT2D eigenvalue weighted by Gasteiger charge is -2.19. The number of aromatic nitrogens is 3. The molecule has 0 fully saturated rings. The number of nitrogens with one attached hydrogen (secondary N) is 2. The normalized spacial score (nSPS) is 16.0. The summed E-state index contributed by atoms with van der Waals surface area (Å²) in [4.78, 5) is 29.7. The molecule has 1 atom stereocenters. The average molecular weight is 391 g/mol. The molecule has 0 saturated heterocycles. The molecule has 2 heterocycles. The van der Waals surface area contributed by atoms with Gasteiger partial charge < -0.3 is 19.9 Å². The Balaban J connectivity index is 1.39. The summed E-state index contributed by atoms with van der Waals surface area (Å²) in [5.74, 6) is 0.539. The molecule has 8 nitrogen and oxygen atoms in total. The van der Waals surface area contributed by atoms with E-state index in [4.69, 9.17) is 4.74 Å². The Kier molecular flexibility index (Phi) is 5.24. The number of ether oxygens (including phenoxy) is 1. The highest BCUT2D eigenvalue weighted by Gasteiger charge is 2.31. The monoisotopic (exact) mass is 391 g/mol. The summed E-state index contributed by atoms with van der Waals surface area (Å²) < 4.78 is 5.71. The third-order valence-corrected chi connectivity index (χ3v) is 4.81. The van der Waals surface area contributed by atoms with Gasteiger partial charge in [-0.2, -0.15) is 0 Å². The van der Waals surface area contributed by atoms with Crippen LogP contribution in [0.2, 0.25) is 0 Å². The third kappa shape index (κ3) is 4.11. The SMILES string of the molecule is CN1C(=O)C(NC(=O)c2nnc(CCc3ccccc3)[nH]2)COc2ccccc21. The Hall–Kier alpha value is -3.68. The number of fused-ring (bicyclic) bond motifs is 1. The number of hydrogen-bond acceptors (Lipinski definition) is 5. The van der Waals surface area contributed by atoms with Crippen molar-refractivity contribution in [2.24, 2.45) is 0 Å². The number of carbonyl (C=O) groups excluding carboxylic acids is 2. The van der Waals surface area contributed by atoms with Gasteiger partial charge in [-0.05, 0) is 24.1 Å². The molecule has 0 radical (unpaired) electrons. The molecule has 4 rings (SSSR count). The molecular formula is C21H21N5O3. The Morgan fingerprint density at radius 3 is 2.72 bits per heavy atom. The van der Waals surface area contributed by atoms with Gasteiger partial charge in [-0.3, -0.25) is 9.59 Å². The van der Waals surface area contributed by atoms with Gasteiger partial charge in [-0.15, -0.1) is 10.2 Å². The van der Waals surface area contributed by atoms with Gasteiger partial charge in [0, 0.05) is 13.5 Å². The molecule has 0 spiro atoms. The van der Waals surface area contributed by atoms with Gasteiger partial charge in [0.1, 0.15) is 24.2 Å². The van der Waals surface area contributed by atoms with Crippen molar-refractivity contribution in [2.45, 2.75) is 18.9 Å². The molecule has 1 aromatic heterocycles. The van der Waals surface area contributed by atoms with Crippen LogP contribution in [0.15, 0.2) is 54.6 Å². The third-order valence-electron chi connectivity index (χ3n) is 4.81. The Morgan fingerprint density at radius 1 is 1.14 bits per heavy atom. The van der Waals surface area contributed by atoms with E-state index < -0.39 is 11.9 Å². The quantitative estimate of drug-likeness (QED) is 0.690. The highest BCUT2D eigenvalue weighted by molar-refractivity contribution is 6.02. The maximum Gasteiger partial charge on any atom is 0.289 e. The zero-order chi connectivity index (χ0) is 20.2. The van der Waals surface area contributed by atoms with Crippen molar-refractivity contribution >= 4 is 17.5 Å². The van der Waals surface area contributed by atoms with Gasteiger partial charge in [0.25, 0.3) is 11.8 Å². The molecule has 2 aromatic carbocycles. The van der Waals surface area contributed by atoms with Gasteiger partial charge in [0.05, 0.1) is 5.69 Å². The minimum Gasteiger partial charge on any atom is -0.489 e. The molecule has 2 amide bonds. The number of carbonyl (C=O) groups is 2. The number of benzene rings is 2. The number of para-hydroxylation sites is 2. The summed E-state index contributed by atoms with van der Waals surface area (Å²) in [6, 6.07) is 16.4. The predicted molar refractivity (Wildman–Crippen MR) is 107 cm³/mol. The van der Waals surface area contributed by atoms with E-state index in [0.717, 1.165) is 6.42 Å². The fraction of sp³-hybridized carbons (Fsp3) is 0.238. The first-order valence-electron chi connectivity index (χ1n) is 9.37. The van der Waals surface area contributed by atoms with Crippen molar-refractivity contribution in [3.63, 3.8) is 0 Å². The number of H-pyrrole nitrogens is 1. The lowest BCUT2D eigenvalue weighted by Crippen LogP contribution is -2.49. The van der Waals surface area contributed by atoms with Crippen molar-refractivity contribution in [1.29, 1.82) is 0 Å². The zero-order valence-corrected chi connectivity index (χ0v) is 16.0. The van der Waals surface area contributed by atoms with E-state index in [1.807, 2.05) is 42.5 Å². The first-order chi connectivity index (χ1) is 14.1. The topological polar surface area (TPSA) is 100 Å². The second-order valence-electron chi connectivity index (χ2n) is 6.81. The standard InChI is InChI=1S/C21H21N5O3/c1-26-16-9-5-6-10-17(16)29-13-15(21(26)28)22-20(27)19-23-18(24-25-19)12-11-14-7-3-2-4-8-14/h2-10,15H,11-13H2,1H3,(H,22,27)(H,23,24,25). The Labute approximate surface area is 167 Å². The summed E-state index contributed by atoms with van der Waals surface area (Å²) in [5.41, 5.74) is 1.84. The zero-order valence-electron chi connectivity index (χ0n) is 16.0. The van der Waals surface area contributed by atoms with Crippen LogP contribution in [-0.4, -0.2) is 46.7 Å². The fourth-order valence-electron chi connectivity index (χ4n) is 3.20. The number of likely N-dealkylation sites (N-methyl/N-ethyl adjacent to an activating group) is 1. The Bertz CT molecular complexity index is 1020. The van der Waals surface area contributed by atoms with Crippen molar-refractivity contribution in [3.05, 3.63) is 71.8 Å². The minimum absolute atomic E-state index is 0.0426. The number of hydrogen-bond donors (Lipinski definition) is 2. The summed E-state index contributed by atoms with van der Waals surface area (Å²) in [6.45, 7) is 0.0426. The molecule has 148 valence electrons. The molecule has 8 heteroatoms.